The Labute approximate surface area is 181 Å². The Hall–Kier alpha value is -3.07. The van der Waals surface area contributed by atoms with Crippen molar-refractivity contribution >= 4 is 17.6 Å². The minimum absolute atomic E-state index is 0.0345. The van der Waals surface area contributed by atoms with Crippen molar-refractivity contribution in [2.45, 2.75) is 51.4 Å². The Morgan fingerprint density at radius 2 is 2.06 bits per heavy atom. The number of methoxy groups -OCH3 is 1. The molecular formula is C22H29N5O4. The van der Waals surface area contributed by atoms with Crippen LogP contribution in [0.15, 0.2) is 30.3 Å². The van der Waals surface area contributed by atoms with Crippen LogP contribution in [0.1, 0.15) is 51.0 Å². The van der Waals surface area contributed by atoms with Gasteiger partial charge in [-0.05, 0) is 30.9 Å². The maximum atomic E-state index is 12.6. The summed E-state index contributed by atoms with van der Waals surface area (Å²) in [6, 6.07) is 9.00. The molecule has 1 aliphatic carbocycles. The molecule has 1 aromatic heterocycles. The Balaban J connectivity index is 1.47. The Morgan fingerprint density at radius 3 is 2.77 bits per heavy atom. The lowest BCUT2D eigenvalue weighted by molar-refractivity contribution is -0.126. The monoisotopic (exact) mass is 427 g/mol. The van der Waals surface area contributed by atoms with E-state index in [0.717, 1.165) is 18.5 Å². The summed E-state index contributed by atoms with van der Waals surface area (Å²) in [4.78, 5) is 24.8. The predicted molar refractivity (Wildman–Crippen MR) is 115 cm³/mol. The zero-order valence-corrected chi connectivity index (χ0v) is 18.1. The van der Waals surface area contributed by atoms with E-state index in [9.17, 15) is 9.59 Å². The number of anilines is 1. The second-order valence-electron chi connectivity index (χ2n) is 8.38. The molecule has 166 valence electrons. The van der Waals surface area contributed by atoms with Gasteiger partial charge in [0.15, 0.2) is 12.9 Å². The summed E-state index contributed by atoms with van der Waals surface area (Å²) in [6.07, 6.45) is 2.07. The van der Waals surface area contributed by atoms with Gasteiger partial charge in [-0.1, -0.05) is 19.9 Å². The Morgan fingerprint density at radius 1 is 1.29 bits per heavy atom. The van der Waals surface area contributed by atoms with Crippen LogP contribution in [0.4, 0.5) is 5.82 Å². The lowest BCUT2D eigenvalue weighted by Gasteiger charge is -2.34. The van der Waals surface area contributed by atoms with Gasteiger partial charge in [0.2, 0.25) is 5.91 Å². The number of rotatable bonds is 8. The number of nitrogens with one attached hydrogen (secondary N) is 3. The van der Waals surface area contributed by atoms with E-state index in [1.807, 2.05) is 6.07 Å². The van der Waals surface area contributed by atoms with Crippen molar-refractivity contribution in [1.82, 2.24) is 20.4 Å². The fourth-order valence-corrected chi connectivity index (χ4v) is 3.58. The van der Waals surface area contributed by atoms with Crippen LogP contribution in [0.5, 0.6) is 11.5 Å². The summed E-state index contributed by atoms with van der Waals surface area (Å²) in [5.41, 5.74) is 0.923. The SMILES string of the molecule is COc1cccc(OCC(=O)Nc2cc(C3CC3)nn2C2NC(=O)CC(C(C)C)N2)c1. The van der Waals surface area contributed by atoms with Gasteiger partial charge in [-0.25, -0.2) is 4.68 Å². The number of aromatic nitrogens is 2. The van der Waals surface area contributed by atoms with E-state index >= 15 is 0 Å². The molecule has 4 rings (SSSR count). The molecule has 2 unspecified atom stereocenters. The molecule has 2 aliphatic rings. The van der Waals surface area contributed by atoms with Crippen LogP contribution >= 0.6 is 0 Å². The highest BCUT2D eigenvalue weighted by Crippen LogP contribution is 2.40. The lowest BCUT2D eigenvalue weighted by atomic mass is 9.99. The number of hydrogen-bond acceptors (Lipinski definition) is 6. The highest BCUT2D eigenvalue weighted by molar-refractivity contribution is 5.91. The van der Waals surface area contributed by atoms with Crippen molar-refractivity contribution in [3.05, 3.63) is 36.0 Å². The number of benzene rings is 1. The minimum atomic E-state index is -0.518. The third-order valence-electron chi connectivity index (χ3n) is 5.55. The highest BCUT2D eigenvalue weighted by atomic mass is 16.5. The maximum Gasteiger partial charge on any atom is 0.263 e. The van der Waals surface area contributed by atoms with Crippen molar-refractivity contribution in [2.75, 3.05) is 19.0 Å². The fourth-order valence-electron chi connectivity index (χ4n) is 3.58. The summed E-state index contributed by atoms with van der Waals surface area (Å²) < 4.78 is 12.4. The average molecular weight is 428 g/mol. The molecule has 2 atom stereocenters. The molecule has 2 amide bonds. The first-order chi connectivity index (χ1) is 14.9. The van der Waals surface area contributed by atoms with Gasteiger partial charge in [-0.3, -0.25) is 14.9 Å². The number of carbonyl (C=O) groups is 2. The van der Waals surface area contributed by atoms with Crippen LogP contribution in [0.25, 0.3) is 0 Å². The van der Waals surface area contributed by atoms with Gasteiger partial charge in [-0.2, -0.15) is 5.10 Å². The van der Waals surface area contributed by atoms with E-state index in [2.05, 4.69) is 34.9 Å². The second kappa shape index (κ2) is 8.97. The van der Waals surface area contributed by atoms with Gasteiger partial charge >= 0.3 is 0 Å². The molecule has 2 fully saturated rings. The van der Waals surface area contributed by atoms with Gasteiger partial charge in [0.1, 0.15) is 17.3 Å². The van der Waals surface area contributed by atoms with Crippen molar-refractivity contribution in [1.29, 1.82) is 0 Å². The zero-order chi connectivity index (χ0) is 22.0. The molecule has 1 saturated heterocycles. The van der Waals surface area contributed by atoms with Crippen LogP contribution in [0.2, 0.25) is 0 Å². The lowest BCUT2D eigenvalue weighted by Crippen LogP contribution is -2.55. The van der Waals surface area contributed by atoms with Crippen molar-refractivity contribution in [3.63, 3.8) is 0 Å². The van der Waals surface area contributed by atoms with E-state index in [0.29, 0.717) is 35.6 Å². The maximum absolute atomic E-state index is 12.6. The number of nitrogens with zero attached hydrogens (tertiary/aromatic N) is 2. The van der Waals surface area contributed by atoms with Crippen molar-refractivity contribution in [3.8, 4) is 11.5 Å². The van der Waals surface area contributed by atoms with E-state index in [1.165, 1.54) is 0 Å². The first-order valence-corrected chi connectivity index (χ1v) is 10.6. The van der Waals surface area contributed by atoms with Crippen molar-refractivity contribution in [2.24, 2.45) is 5.92 Å². The molecular weight excluding hydrogens is 398 g/mol. The highest BCUT2D eigenvalue weighted by Gasteiger charge is 2.33. The summed E-state index contributed by atoms with van der Waals surface area (Å²) in [5.74, 6) is 2.08. The van der Waals surface area contributed by atoms with E-state index < -0.39 is 6.29 Å². The first kappa shape index (κ1) is 21.2. The standard InChI is InChI=1S/C22H29N5O4/c1-13(2)17-11-20(28)25-22(23-17)27-19(10-18(26-27)14-7-8-14)24-21(29)12-31-16-6-4-5-15(9-16)30-3/h4-6,9-10,13-14,17,22-23H,7-8,11-12H2,1-3H3,(H,24,29)(H,25,28). The van der Waals surface area contributed by atoms with Gasteiger partial charge in [-0.15, -0.1) is 0 Å². The summed E-state index contributed by atoms with van der Waals surface area (Å²) in [7, 11) is 1.58. The number of ether oxygens (including phenoxy) is 2. The van der Waals surface area contributed by atoms with E-state index in [4.69, 9.17) is 9.47 Å². The zero-order valence-electron chi connectivity index (χ0n) is 18.1. The first-order valence-electron chi connectivity index (χ1n) is 10.6. The molecule has 31 heavy (non-hydrogen) atoms. The topological polar surface area (TPSA) is 107 Å². The molecule has 0 spiro atoms. The van der Waals surface area contributed by atoms with Crippen LogP contribution in [-0.4, -0.2) is 41.4 Å². The molecule has 0 bridgehead atoms. The molecule has 2 aromatic rings. The third kappa shape index (κ3) is 5.16. The number of hydrogen-bond donors (Lipinski definition) is 3. The minimum Gasteiger partial charge on any atom is -0.497 e. The molecule has 0 radical (unpaired) electrons. The van der Waals surface area contributed by atoms with Crippen LogP contribution in [-0.2, 0) is 9.59 Å². The summed E-state index contributed by atoms with van der Waals surface area (Å²) >= 11 is 0. The normalized spacial score (nSPS) is 21.0. The Bertz CT molecular complexity index is 953. The summed E-state index contributed by atoms with van der Waals surface area (Å²) in [5, 5.41) is 13.9. The van der Waals surface area contributed by atoms with Crippen LogP contribution in [0, 0.1) is 5.92 Å². The van der Waals surface area contributed by atoms with Gasteiger partial charge in [0.05, 0.1) is 12.8 Å². The molecule has 1 aliphatic heterocycles. The quantitative estimate of drug-likeness (QED) is 0.597. The molecule has 9 nitrogen and oxygen atoms in total. The average Bonchev–Trinajstić information content (AvgIpc) is 3.52. The van der Waals surface area contributed by atoms with Gasteiger partial charge in [0, 0.05) is 30.5 Å². The van der Waals surface area contributed by atoms with E-state index in [1.54, 1.807) is 36.1 Å². The molecule has 2 heterocycles. The molecule has 1 aromatic carbocycles. The number of carbonyl (C=O) groups excluding carboxylic acids is 2. The molecule has 9 heteroatoms. The van der Waals surface area contributed by atoms with Gasteiger partial charge in [0.25, 0.3) is 5.91 Å². The summed E-state index contributed by atoms with van der Waals surface area (Å²) in [6.45, 7) is 3.99. The van der Waals surface area contributed by atoms with Gasteiger partial charge < -0.3 is 20.1 Å². The van der Waals surface area contributed by atoms with Crippen LogP contribution < -0.4 is 25.4 Å². The number of amides is 2. The van der Waals surface area contributed by atoms with Crippen molar-refractivity contribution < 1.29 is 19.1 Å². The predicted octanol–water partition coefficient (Wildman–Crippen LogP) is 2.38. The molecule has 3 N–H and O–H groups in total. The third-order valence-corrected chi connectivity index (χ3v) is 5.55. The largest absolute Gasteiger partial charge is 0.497 e. The molecule has 1 saturated carbocycles. The Kier molecular flexibility index (Phi) is 6.13. The smallest absolute Gasteiger partial charge is 0.263 e. The fraction of sp³-hybridized carbons (Fsp3) is 0.500. The van der Waals surface area contributed by atoms with E-state index in [-0.39, 0.29) is 24.5 Å². The van der Waals surface area contributed by atoms with Crippen LogP contribution in [0.3, 0.4) is 0 Å². The second-order valence-corrected chi connectivity index (χ2v) is 8.38.